The Morgan fingerprint density at radius 1 is 1.06 bits per heavy atom. The maximum Gasteiger partial charge on any atom is 0.261 e. The van der Waals surface area contributed by atoms with Gasteiger partial charge in [0, 0.05) is 17.1 Å². The van der Waals surface area contributed by atoms with E-state index in [0.29, 0.717) is 12.3 Å². The van der Waals surface area contributed by atoms with Gasteiger partial charge in [-0.15, -0.1) is 0 Å². The zero-order valence-electron chi connectivity index (χ0n) is 20.2. The summed E-state index contributed by atoms with van der Waals surface area (Å²) in [5.41, 5.74) is 2.11. The molecule has 0 aromatic heterocycles. The van der Waals surface area contributed by atoms with Crippen molar-refractivity contribution >= 4 is 43.7 Å². The van der Waals surface area contributed by atoms with Crippen molar-refractivity contribution in [2.45, 2.75) is 72.0 Å². The van der Waals surface area contributed by atoms with Crippen molar-refractivity contribution in [3.05, 3.63) is 62.5 Å². The largest absolute Gasteiger partial charge is 0.483 e. The third-order valence-corrected chi connectivity index (χ3v) is 6.73. The Balaban J connectivity index is 2.18. The molecular weight excluding hydrogens is 548 g/mol. The molecule has 0 fully saturated rings. The zero-order chi connectivity index (χ0) is 24.8. The van der Waals surface area contributed by atoms with Crippen LogP contribution in [0.15, 0.2) is 51.4 Å². The summed E-state index contributed by atoms with van der Waals surface area (Å²) < 4.78 is 7.61. The van der Waals surface area contributed by atoms with Crippen molar-refractivity contribution in [2.75, 3.05) is 6.61 Å². The number of carbonyl (C=O) groups is 2. The van der Waals surface area contributed by atoms with Crippen molar-refractivity contribution in [2.24, 2.45) is 0 Å². The fraction of sp³-hybridized carbons (Fsp3) is 0.462. The second kappa shape index (κ2) is 12.0. The van der Waals surface area contributed by atoms with Crippen LogP contribution in [0.2, 0.25) is 0 Å². The van der Waals surface area contributed by atoms with Crippen LogP contribution in [0.3, 0.4) is 0 Å². The van der Waals surface area contributed by atoms with Crippen LogP contribution in [0.1, 0.15) is 59.1 Å². The van der Waals surface area contributed by atoms with Crippen molar-refractivity contribution in [3.63, 3.8) is 0 Å². The predicted molar refractivity (Wildman–Crippen MR) is 140 cm³/mol. The molecule has 2 atom stereocenters. The highest BCUT2D eigenvalue weighted by Gasteiger charge is 2.27. The molecule has 0 heterocycles. The zero-order valence-corrected chi connectivity index (χ0v) is 23.4. The minimum Gasteiger partial charge on any atom is -0.483 e. The van der Waals surface area contributed by atoms with Crippen LogP contribution >= 0.6 is 31.9 Å². The molecule has 2 rings (SSSR count). The third kappa shape index (κ3) is 8.14. The summed E-state index contributed by atoms with van der Waals surface area (Å²) in [7, 11) is 0. The molecule has 7 heteroatoms. The number of nitrogens with one attached hydrogen (secondary N) is 1. The van der Waals surface area contributed by atoms with Crippen LogP contribution in [-0.2, 0) is 21.5 Å². The Hall–Kier alpha value is -1.86. The molecule has 0 saturated carbocycles. The van der Waals surface area contributed by atoms with E-state index in [1.807, 2.05) is 56.3 Å². The maximum atomic E-state index is 13.2. The molecule has 0 spiro atoms. The average Bonchev–Trinajstić information content (AvgIpc) is 2.76. The molecular formula is C26H34Br2N2O3. The van der Waals surface area contributed by atoms with Crippen LogP contribution in [0.4, 0.5) is 0 Å². The first-order valence-corrected chi connectivity index (χ1v) is 12.8. The number of nitrogens with zero attached hydrogens (tertiary/aromatic N) is 1. The van der Waals surface area contributed by atoms with E-state index in [-0.39, 0.29) is 29.9 Å². The van der Waals surface area contributed by atoms with Gasteiger partial charge in [0.1, 0.15) is 11.8 Å². The summed E-state index contributed by atoms with van der Waals surface area (Å²) in [5.74, 6) is 0.165. The van der Waals surface area contributed by atoms with Gasteiger partial charge in [-0.05, 0) is 77.0 Å². The van der Waals surface area contributed by atoms with Crippen LogP contribution < -0.4 is 10.1 Å². The highest BCUT2D eigenvalue weighted by molar-refractivity contribution is 9.10. The average molecular weight is 582 g/mol. The number of halogens is 2. The minimum atomic E-state index is -0.634. The molecule has 0 bridgehead atoms. The van der Waals surface area contributed by atoms with Crippen LogP contribution in [-0.4, -0.2) is 35.4 Å². The first-order valence-electron chi connectivity index (χ1n) is 11.2. The lowest BCUT2D eigenvalue weighted by atomic mass is 9.87. The summed E-state index contributed by atoms with van der Waals surface area (Å²) in [6, 6.07) is 13.0. The molecule has 2 aromatic carbocycles. The Bertz CT molecular complexity index is 955. The Labute approximate surface area is 214 Å². The van der Waals surface area contributed by atoms with E-state index in [1.54, 1.807) is 11.8 Å². The van der Waals surface area contributed by atoms with E-state index in [0.717, 1.165) is 20.9 Å². The van der Waals surface area contributed by atoms with Gasteiger partial charge in [0.15, 0.2) is 6.61 Å². The number of rotatable bonds is 9. The molecule has 5 nitrogen and oxygen atoms in total. The number of ether oxygens (including phenoxy) is 1. The van der Waals surface area contributed by atoms with Crippen molar-refractivity contribution in [1.29, 1.82) is 0 Å². The summed E-state index contributed by atoms with van der Waals surface area (Å²) >= 11 is 6.99. The molecule has 1 N–H and O–H groups in total. The fourth-order valence-corrected chi connectivity index (χ4v) is 3.90. The van der Waals surface area contributed by atoms with Gasteiger partial charge in [0.05, 0.1) is 4.47 Å². The number of amides is 2. The van der Waals surface area contributed by atoms with Gasteiger partial charge >= 0.3 is 0 Å². The highest BCUT2D eigenvalue weighted by atomic mass is 79.9. The van der Waals surface area contributed by atoms with Gasteiger partial charge in [-0.3, -0.25) is 9.59 Å². The number of carbonyl (C=O) groups excluding carboxylic acids is 2. The smallest absolute Gasteiger partial charge is 0.261 e. The molecule has 0 saturated heterocycles. The monoisotopic (exact) mass is 580 g/mol. The molecule has 0 aliphatic heterocycles. The van der Waals surface area contributed by atoms with E-state index in [2.05, 4.69) is 57.9 Å². The van der Waals surface area contributed by atoms with E-state index in [1.165, 1.54) is 5.56 Å². The van der Waals surface area contributed by atoms with Gasteiger partial charge in [0.2, 0.25) is 5.91 Å². The van der Waals surface area contributed by atoms with Crippen molar-refractivity contribution < 1.29 is 14.3 Å². The number of benzene rings is 2. The van der Waals surface area contributed by atoms with E-state index < -0.39 is 6.04 Å². The maximum absolute atomic E-state index is 13.2. The number of hydrogen-bond acceptors (Lipinski definition) is 3. The molecule has 180 valence electrons. The van der Waals surface area contributed by atoms with Gasteiger partial charge in [-0.2, -0.15) is 0 Å². The first kappa shape index (κ1) is 27.4. The van der Waals surface area contributed by atoms with Gasteiger partial charge < -0.3 is 15.0 Å². The second-order valence-electron chi connectivity index (χ2n) is 9.33. The van der Waals surface area contributed by atoms with Crippen LogP contribution in [0.5, 0.6) is 5.75 Å². The molecule has 0 aliphatic rings. The van der Waals surface area contributed by atoms with Gasteiger partial charge in [-0.25, -0.2) is 0 Å². The normalized spacial score (nSPS) is 13.2. The van der Waals surface area contributed by atoms with E-state index >= 15 is 0 Å². The third-order valence-electron chi connectivity index (χ3n) is 5.58. The lowest BCUT2D eigenvalue weighted by Gasteiger charge is -2.29. The Kier molecular flexibility index (Phi) is 9.98. The van der Waals surface area contributed by atoms with E-state index in [4.69, 9.17) is 4.74 Å². The highest BCUT2D eigenvalue weighted by Crippen LogP contribution is 2.31. The SMILES string of the molecule is CC[C@H](C)NC(=O)[C@H](C)N(Cc1ccc(Br)cc1)C(=O)COc1ccc(C(C)(C)C)cc1Br. The minimum absolute atomic E-state index is 0.0107. The quantitative estimate of drug-likeness (QED) is 0.382. The van der Waals surface area contributed by atoms with Crippen molar-refractivity contribution in [1.82, 2.24) is 10.2 Å². The number of hydrogen-bond donors (Lipinski definition) is 1. The standard InChI is InChI=1S/C26H34Br2N2O3/c1-7-17(2)29-25(32)18(3)30(15-19-8-11-21(27)12-9-19)24(31)16-33-23-13-10-20(14-22(23)28)26(4,5)6/h8-14,17-18H,7,15-16H2,1-6H3,(H,29,32)/t17-,18-/m0/s1. The molecule has 0 unspecified atom stereocenters. The Morgan fingerprint density at radius 3 is 2.24 bits per heavy atom. The van der Waals surface area contributed by atoms with Crippen molar-refractivity contribution in [3.8, 4) is 5.75 Å². The second-order valence-corrected chi connectivity index (χ2v) is 11.1. The predicted octanol–water partition coefficient (Wildman–Crippen LogP) is 6.22. The topological polar surface area (TPSA) is 58.6 Å². The molecule has 33 heavy (non-hydrogen) atoms. The van der Waals surface area contributed by atoms with Gasteiger partial charge in [0.25, 0.3) is 5.91 Å². The molecule has 0 aliphatic carbocycles. The molecule has 0 radical (unpaired) electrons. The molecule has 2 amide bonds. The van der Waals surface area contributed by atoms with Crippen LogP contribution in [0.25, 0.3) is 0 Å². The fourth-order valence-electron chi connectivity index (χ4n) is 3.14. The summed E-state index contributed by atoms with van der Waals surface area (Å²) in [4.78, 5) is 27.6. The molecule has 2 aromatic rings. The lowest BCUT2D eigenvalue weighted by Crippen LogP contribution is -2.50. The van der Waals surface area contributed by atoms with Gasteiger partial charge in [-0.1, -0.05) is 61.8 Å². The summed E-state index contributed by atoms with van der Waals surface area (Å²) in [6.07, 6.45) is 0.820. The Morgan fingerprint density at radius 2 is 1.70 bits per heavy atom. The summed E-state index contributed by atoms with van der Waals surface area (Å²) in [6.45, 7) is 12.3. The van der Waals surface area contributed by atoms with E-state index in [9.17, 15) is 9.59 Å². The van der Waals surface area contributed by atoms with Crippen LogP contribution in [0, 0.1) is 0 Å². The summed E-state index contributed by atoms with van der Waals surface area (Å²) in [5, 5.41) is 2.97. The lowest BCUT2D eigenvalue weighted by molar-refractivity contribution is -0.142. The first-order chi connectivity index (χ1) is 15.4.